The number of hydrogen-bond donors (Lipinski definition) is 2. The number of rotatable bonds is 4. The van der Waals surface area contributed by atoms with E-state index in [0.717, 1.165) is 5.03 Å². The summed E-state index contributed by atoms with van der Waals surface area (Å²) in [5.41, 5.74) is 2.13. The van der Waals surface area contributed by atoms with Crippen molar-refractivity contribution in [1.82, 2.24) is 10.4 Å². The Labute approximate surface area is 97.6 Å². The SMILES string of the molecule is CCC(Sc1ccc(Cl)cn1)C(=O)NN. The van der Waals surface area contributed by atoms with E-state index in [1.807, 2.05) is 6.92 Å². The second kappa shape index (κ2) is 5.95. The van der Waals surface area contributed by atoms with Crippen molar-refractivity contribution in [2.75, 3.05) is 0 Å². The maximum atomic E-state index is 11.3. The van der Waals surface area contributed by atoms with Crippen LogP contribution in [0.4, 0.5) is 0 Å². The van der Waals surface area contributed by atoms with Gasteiger partial charge in [-0.3, -0.25) is 10.2 Å². The fraction of sp³-hybridized carbons (Fsp3) is 0.333. The topological polar surface area (TPSA) is 68.0 Å². The van der Waals surface area contributed by atoms with E-state index < -0.39 is 0 Å². The Balaban J connectivity index is 2.66. The summed E-state index contributed by atoms with van der Waals surface area (Å²) in [5.74, 6) is 4.88. The largest absolute Gasteiger partial charge is 0.293 e. The summed E-state index contributed by atoms with van der Waals surface area (Å²) < 4.78 is 0. The highest BCUT2D eigenvalue weighted by Gasteiger charge is 2.16. The molecule has 0 saturated heterocycles. The minimum atomic E-state index is -0.219. The molecule has 0 spiro atoms. The molecule has 0 aliphatic rings. The molecule has 1 atom stereocenters. The van der Waals surface area contributed by atoms with Gasteiger partial charge >= 0.3 is 0 Å². The molecule has 0 saturated carbocycles. The number of carbonyl (C=O) groups excluding carboxylic acids is 1. The molecule has 1 rings (SSSR count). The Bertz CT molecular complexity index is 331. The number of nitrogens with one attached hydrogen (secondary N) is 1. The lowest BCUT2D eigenvalue weighted by atomic mass is 10.3. The number of pyridine rings is 1. The molecule has 3 N–H and O–H groups in total. The van der Waals surface area contributed by atoms with Crippen LogP contribution in [-0.2, 0) is 4.79 Å². The van der Waals surface area contributed by atoms with Crippen LogP contribution in [0, 0.1) is 0 Å². The highest BCUT2D eigenvalue weighted by molar-refractivity contribution is 8.00. The molecule has 0 aliphatic heterocycles. The van der Waals surface area contributed by atoms with Crippen LogP contribution in [-0.4, -0.2) is 16.1 Å². The highest BCUT2D eigenvalue weighted by Crippen LogP contribution is 2.24. The third-order valence-corrected chi connectivity index (χ3v) is 3.31. The molecular weight excluding hydrogens is 234 g/mol. The molecule has 1 unspecified atom stereocenters. The van der Waals surface area contributed by atoms with Crippen LogP contribution in [0.2, 0.25) is 5.02 Å². The fourth-order valence-electron chi connectivity index (χ4n) is 0.993. The van der Waals surface area contributed by atoms with E-state index in [0.29, 0.717) is 11.4 Å². The van der Waals surface area contributed by atoms with E-state index in [1.54, 1.807) is 18.3 Å². The zero-order chi connectivity index (χ0) is 11.3. The van der Waals surface area contributed by atoms with E-state index in [4.69, 9.17) is 17.4 Å². The van der Waals surface area contributed by atoms with Gasteiger partial charge in [0.15, 0.2) is 0 Å². The van der Waals surface area contributed by atoms with E-state index >= 15 is 0 Å². The molecule has 0 aliphatic carbocycles. The number of carbonyl (C=O) groups is 1. The van der Waals surface area contributed by atoms with Gasteiger partial charge in [-0.1, -0.05) is 30.3 Å². The fourth-order valence-corrected chi connectivity index (χ4v) is 2.00. The summed E-state index contributed by atoms with van der Waals surface area (Å²) >= 11 is 7.07. The first kappa shape index (κ1) is 12.3. The summed E-state index contributed by atoms with van der Waals surface area (Å²) in [7, 11) is 0. The third-order valence-electron chi connectivity index (χ3n) is 1.77. The number of hydrazine groups is 1. The standard InChI is InChI=1S/C9H12ClN3OS/c1-2-7(9(14)13-11)15-8-4-3-6(10)5-12-8/h3-5,7H,2,11H2,1H3,(H,13,14). The molecule has 4 nitrogen and oxygen atoms in total. The summed E-state index contributed by atoms with van der Waals surface area (Å²) in [6, 6.07) is 3.52. The first-order valence-electron chi connectivity index (χ1n) is 4.46. The van der Waals surface area contributed by atoms with Crippen molar-refractivity contribution in [3.63, 3.8) is 0 Å². The molecule has 1 aromatic rings. The Hall–Kier alpha value is -0.780. The Morgan fingerprint density at radius 3 is 2.93 bits per heavy atom. The third kappa shape index (κ3) is 3.70. The minimum Gasteiger partial charge on any atom is -0.293 e. The van der Waals surface area contributed by atoms with Crippen LogP contribution in [0.25, 0.3) is 0 Å². The van der Waals surface area contributed by atoms with Crippen molar-refractivity contribution in [3.05, 3.63) is 23.4 Å². The summed E-state index contributed by atoms with van der Waals surface area (Å²) in [4.78, 5) is 15.4. The van der Waals surface area contributed by atoms with Crippen molar-refractivity contribution in [2.45, 2.75) is 23.6 Å². The monoisotopic (exact) mass is 245 g/mol. The van der Waals surface area contributed by atoms with Gasteiger partial charge in [0.1, 0.15) is 0 Å². The van der Waals surface area contributed by atoms with Crippen LogP contribution in [0.3, 0.4) is 0 Å². The van der Waals surface area contributed by atoms with Gasteiger partial charge in [-0.2, -0.15) is 0 Å². The number of amides is 1. The van der Waals surface area contributed by atoms with E-state index in [-0.39, 0.29) is 11.2 Å². The lowest BCUT2D eigenvalue weighted by Crippen LogP contribution is -2.37. The molecular formula is C9H12ClN3OS. The summed E-state index contributed by atoms with van der Waals surface area (Å²) in [6.45, 7) is 1.92. The summed E-state index contributed by atoms with van der Waals surface area (Å²) in [6.07, 6.45) is 2.25. The van der Waals surface area contributed by atoms with Gasteiger partial charge in [-0.05, 0) is 18.6 Å². The number of nitrogens with two attached hydrogens (primary N) is 1. The van der Waals surface area contributed by atoms with Gasteiger partial charge in [-0.15, -0.1) is 0 Å². The van der Waals surface area contributed by atoms with Crippen LogP contribution in [0.15, 0.2) is 23.4 Å². The molecule has 1 aromatic heterocycles. The first-order chi connectivity index (χ1) is 7.17. The van der Waals surface area contributed by atoms with E-state index in [2.05, 4.69) is 10.4 Å². The van der Waals surface area contributed by atoms with Crippen molar-refractivity contribution in [1.29, 1.82) is 0 Å². The van der Waals surface area contributed by atoms with E-state index in [1.165, 1.54) is 11.8 Å². The number of thioether (sulfide) groups is 1. The van der Waals surface area contributed by atoms with Crippen molar-refractivity contribution in [3.8, 4) is 0 Å². The normalized spacial score (nSPS) is 12.2. The smallest absolute Gasteiger partial charge is 0.247 e. The Morgan fingerprint density at radius 2 is 2.47 bits per heavy atom. The van der Waals surface area contributed by atoms with Gasteiger partial charge in [0.05, 0.1) is 15.3 Å². The van der Waals surface area contributed by atoms with Crippen LogP contribution >= 0.6 is 23.4 Å². The maximum absolute atomic E-state index is 11.3. The lowest BCUT2D eigenvalue weighted by Gasteiger charge is -2.11. The van der Waals surface area contributed by atoms with Crippen LogP contribution in [0.5, 0.6) is 0 Å². The predicted octanol–water partition coefficient (Wildman–Crippen LogP) is 1.60. The second-order valence-electron chi connectivity index (χ2n) is 2.84. The Kier molecular flexibility index (Phi) is 4.87. The maximum Gasteiger partial charge on any atom is 0.247 e. The minimum absolute atomic E-state index is 0.195. The number of nitrogens with zero attached hydrogens (tertiary/aromatic N) is 1. The van der Waals surface area contributed by atoms with Gasteiger partial charge in [0, 0.05) is 6.20 Å². The van der Waals surface area contributed by atoms with E-state index in [9.17, 15) is 4.79 Å². The van der Waals surface area contributed by atoms with Crippen molar-refractivity contribution < 1.29 is 4.79 Å². The van der Waals surface area contributed by atoms with Crippen molar-refractivity contribution in [2.24, 2.45) is 5.84 Å². The Morgan fingerprint density at radius 1 is 1.73 bits per heavy atom. The molecule has 1 heterocycles. The van der Waals surface area contributed by atoms with Gasteiger partial charge in [0.2, 0.25) is 5.91 Å². The number of aromatic nitrogens is 1. The molecule has 0 radical (unpaired) electrons. The average Bonchev–Trinajstić information content (AvgIpc) is 2.27. The van der Waals surface area contributed by atoms with Gasteiger partial charge in [0.25, 0.3) is 0 Å². The molecule has 1 amide bonds. The zero-order valence-corrected chi connectivity index (χ0v) is 9.81. The second-order valence-corrected chi connectivity index (χ2v) is 4.50. The highest BCUT2D eigenvalue weighted by atomic mass is 35.5. The lowest BCUT2D eigenvalue weighted by molar-refractivity contribution is -0.120. The molecule has 82 valence electrons. The molecule has 0 bridgehead atoms. The molecule has 0 aromatic carbocycles. The van der Waals surface area contributed by atoms with Gasteiger partial charge < -0.3 is 0 Å². The number of hydrogen-bond acceptors (Lipinski definition) is 4. The predicted molar refractivity (Wildman–Crippen MR) is 61.5 cm³/mol. The van der Waals surface area contributed by atoms with Crippen molar-refractivity contribution >= 4 is 29.3 Å². The van der Waals surface area contributed by atoms with Crippen LogP contribution < -0.4 is 11.3 Å². The molecule has 0 fully saturated rings. The van der Waals surface area contributed by atoms with Crippen LogP contribution in [0.1, 0.15) is 13.3 Å². The number of halogens is 1. The molecule has 15 heavy (non-hydrogen) atoms. The van der Waals surface area contributed by atoms with Gasteiger partial charge in [-0.25, -0.2) is 10.8 Å². The quantitative estimate of drug-likeness (QED) is 0.366. The average molecular weight is 246 g/mol. The molecule has 6 heteroatoms. The zero-order valence-electron chi connectivity index (χ0n) is 8.24. The summed E-state index contributed by atoms with van der Waals surface area (Å²) in [5, 5.41) is 1.12. The first-order valence-corrected chi connectivity index (χ1v) is 5.71.